The van der Waals surface area contributed by atoms with Gasteiger partial charge in [-0.05, 0) is 48.5 Å². The molecule has 2 atom stereocenters. The highest BCUT2D eigenvalue weighted by Crippen LogP contribution is 2.39. The predicted octanol–water partition coefficient (Wildman–Crippen LogP) is 4.33. The highest BCUT2D eigenvalue weighted by Gasteiger charge is 2.26. The molecule has 2 aliphatic carbocycles. The maximum absolute atomic E-state index is 3.78. The Labute approximate surface area is 121 Å². The second-order valence-corrected chi connectivity index (χ2v) is 7.44. The summed E-state index contributed by atoms with van der Waals surface area (Å²) in [7, 11) is 0. The van der Waals surface area contributed by atoms with Gasteiger partial charge in [0.15, 0.2) is 0 Å². The first-order valence-electron chi connectivity index (χ1n) is 7.80. The Bertz CT molecular complexity index is 396. The van der Waals surface area contributed by atoms with E-state index in [1.807, 2.05) is 0 Å². The quantitative estimate of drug-likeness (QED) is 0.829. The SMILES string of the molecule is CCSC1CCCC1NCc1ccc(C2CC2)cc1. The van der Waals surface area contributed by atoms with E-state index in [1.165, 1.54) is 43.4 Å². The van der Waals surface area contributed by atoms with Gasteiger partial charge in [-0.3, -0.25) is 0 Å². The largest absolute Gasteiger partial charge is 0.309 e. The molecular weight excluding hydrogens is 250 g/mol. The van der Waals surface area contributed by atoms with Crippen molar-refractivity contribution in [3.8, 4) is 0 Å². The third kappa shape index (κ3) is 3.55. The van der Waals surface area contributed by atoms with E-state index in [-0.39, 0.29) is 0 Å². The van der Waals surface area contributed by atoms with Crippen LogP contribution in [0.25, 0.3) is 0 Å². The highest BCUT2D eigenvalue weighted by molar-refractivity contribution is 7.99. The van der Waals surface area contributed by atoms with Crippen molar-refractivity contribution in [2.24, 2.45) is 0 Å². The van der Waals surface area contributed by atoms with Crippen LogP contribution in [0, 0.1) is 0 Å². The maximum atomic E-state index is 3.78. The topological polar surface area (TPSA) is 12.0 Å². The Morgan fingerprint density at radius 3 is 2.58 bits per heavy atom. The first kappa shape index (κ1) is 13.5. The van der Waals surface area contributed by atoms with Gasteiger partial charge in [-0.25, -0.2) is 0 Å². The average Bonchev–Trinajstić information content (AvgIpc) is 3.19. The zero-order valence-corrected chi connectivity index (χ0v) is 12.7. The Hall–Kier alpha value is -0.470. The van der Waals surface area contributed by atoms with E-state index < -0.39 is 0 Å². The summed E-state index contributed by atoms with van der Waals surface area (Å²) in [4.78, 5) is 0. The lowest BCUT2D eigenvalue weighted by molar-refractivity contribution is 0.532. The van der Waals surface area contributed by atoms with Crippen molar-refractivity contribution in [2.75, 3.05) is 5.75 Å². The van der Waals surface area contributed by atoms with Gasteiger partial charge in [0.05, 0.1) is 0 Å². The van der Waals surface area contributed by atoms with Gasteiger partial charge in [-0.15, -0.1) is 0 Å². The molecule has 0 aromatic heterocycles. The molecule has 0 saturated heterocycles. The molecule has 2 unspecified atom stereocenters. The van der Waals surface area contributed by atoms with E-state index >= 15 is 0 Å². The molecule has 2 heteroatoms. The fourth-order valence-electron chi connectivity index (χ4n) is 3.15. The Morgan fingerprint density at radius 2 is 1.89 bits per heavy atom. The first-order valence-corrected chi connectivity index (χ1v) is 8.85. The van der Waals surface area contributed by atoms with Crippen molar-refractivity contribution >= 4 is 11.8 Å². The first-order chi connectivity index (χ1) is 9.36. The lowest BCUT2D eigenvalue weighted by Gasteiger charge is -2.20. The predicted molar refractivity (Wildman–Crippen MR) is 84.8 cm³/mol. The van der Waals surface area contributed by atoms with Crippen LogP contribution in [-0.2, 0) is 6.54 Å². The van der Waals surface area contributed by atoms with E-state index in [1.54, 1.807) is 5.56 Å². The minimum Gasteiger partial charge on any atom is -0.309 e. The minimum absolute atomic E-state index is 0.730. The normalized spacial score (nSPS) is 26.8. The molecule has 2 aliphatic rings. The number of nitrogens with one attached hydrogen (secondary N) is 1. The lowest BCUT2D eigenvalue weighted by atomic mass is 10.1. The number of thioether (sulfide) groups is 1. The Kier molecular flexibility index (Phi) is 4.49. The van der Waals surface area contributed by atoms with Crippen LogP contribution in [0.1, 0.15) is 56.1 Å². The number of rotatable bonds is 6. The van der Waals surface area contributed by atoms with Crippen LogP contribution in [0.4, 0.5) is 0 Å². The summed E-state index contributed by atoms with van der Waals surface area (Å²) in [5, 5.41) is 4.62. The van der Waals surface area contributed by atoms with Gasteiger partial charge in [0.25, 0.3) is 0 Å². The molecule has 3 rings (SSSR count). The van der Waals surface area contributed by atoms with Crippen molar-refractivity contribution in [3.63, 3.8) is 0 Å². The summed E-state index contributed by atoms with van der Waals surface area (Å²) >= 11 is 2.13. The molecule has 0 bridgehead atoms. The number of benzene rings is 1. The lowest BCUT2D eigenvalue weighted by Crippen LogP contribution is -2.33. The molecule has 0 amide bonds. The summed E-state index contributed by atoms with van der Waals surface area (Å²) in [6.45, 7) is 3.31. The molecule has 1 N–H and O–H groups in total. The van der Waals surface area contributed by atoms with Gasteiger partial charge in [0, 0.05) is 17.8 Å². The summed E-state index contributed by atoms with van der Waals surface area (Å²) in [6, 6.07) is 10.0. The van der Waals surface area contributed by atoms with Crippen LogP contribution >= 0.6 is 11.8 Å². The summed E-state index contributed by atoms with van der Waals surface area (Å²) in [6.07, 6.45) is 6.95. The molecule has 1 nitrogen and oxygen atoms in total. The second kappa shape index (κ2) is 6.32. The number of hydrogen-bond acceptors (Lipinski definition) is 2. The van der Waals surface area contributed by atoms with Gasteiger partial charge < -0.3 is 5.32 Å². The second-order valence-electron chi connectivity index (χ2n) is 5.93. The molecule has 104 valence electrons. The van der Waals surface area contributed by atoms with Crippen molar-refractivity contribution in [2.45, 2.75) is 62.8 Å². The van der Waals surface area contributed by atoms with Gasteiger partial charge in [0.1, 0.15) is 0 Å². The molecule has 0 spiro atoms. The van der Waals surface area contributed by atoms with Crippen LogP contribution in [0.2, 0.25) is 0 Å². The Morgan fingerprint density at radius 1 is 1.11 bits per heavy atom. The third-order valence-electron chi connectivity index (χ3n) is 4.43. The Balaban J connectivity index is 1.50. The molecule has 0 radical (unpaired) electrons. The standard InChI is InChI=1S/C17H25NS/c1-2-19-17-5-3-4-16(17)18-12-13-6-8-14(9-7-13)15-10-11-15/h6-9,15-18H,2-5,10-12H2,1H3. The van der Waals surface area contributed by atoms with Gasteiger partial charge in [-0.1, -0.05) is 37.6 Å². The number of hydrogen-bond donors (Lipinski definition) is 1. The van der Waals surface area contributed by atoms with Gasteiger partial charge >= 0.3 is 0 Å². The van der Waals surface area contributed by atoms with E-state index in [4.69, 9.17) is 0 Å². The summed E-state index contributed by atoms with van der Waals surface area (Å²) in [5.41, 5.74) is 2.99. The zero-order valence-electron chi connectivity index (χ0n) is 11.9. The monoisotopic (exact) mass is 275 g/mol. The minimum atomic E-state index is 0.730. The van der Waals surface area contributed by atoms with Crippen molar-refractivity contribution in [3.05, 3.63) is 35.4 Å². The van der Waals surface area contributed by atoms with Crippen molar-refractivity contribution in [1.29, 1.82) is 0 Å². The van der Waals surface area contributed by atoms with Crippen LogP contribution in [0.3, 0.4) is 0 Å². The van der Waals surface area contributed by atoms with Gasteiger partial charge in [-0.2, -0.15) is 11.8 Å². The molecule has 2 fully saturated rings. The molecule has 0 aliphatic heterocycles. The van der Waals surface area contributed by atoms with Crippen LogP contribution in [0.5, 0.6) is 0 Å². The smallest absolute Gasteiger partial charge is 0.0208 e. The molecule has 1 aromatic rings. The molecular formula is C17H25NS. The van der Waals surface area contributed by atoms with Crippen molar-refractivity contribution in [1.82, 2.24) is 5.32 Å². The maximum Gasteiger partial charge on any atom is 0.0208 e. The summed E-state index contributed by atoms with van der Waals surface area (Å²) in [5.74, 6) is 2.13. The molecule has 0 heterocycles. The third-order valence-corrected chi connectivity index (χ3v) is 5.76. The van der Waals surface area contributed by atoms with E-state index in [0.29, 0.717) is 0 Å². The average molecular weight is 275 g/mol. The van der Waals surface area contributed by atoms with Crippen LogP contribution < -0.4 is 5.32 Å². The molecule has 2 saturated carbocycles. The fourth-order valence-corrected chi connectivity index (χ4v) is 4.37. The van der Waals surface area contributed by atoms with E-state index in [9.17, 15) is 0 Å². The van der Waals surface area contributed by atoms with Crippen molar-refractivity contribution < 1.29 is 0 Å². The van der Waals surface area contributed by atoms with E-state index in [0.717, 1.165) is 23.8 Å². The van der Waals surface area contributed by atoms with Gasteiger partial charge in [0.2, 0.25) is 0 Å². The summed E-state index contributed by atoms with van der Waals surface area (Å²) < 4.78 is 0. The van der Waals surface area contributed by atoms with E-state index in [2.05, 4.69) is 48.3 Å². The highest BCUT2D eigenvalue weighted by atomic mass is 32.2. The molecule has 1 aromatic carbocycles. The van der Waals surface area contributed by atoms with Crippen LogP contribution in [0.15, 0.2) is 24.3 Å². The fraction of sp³-hybridized carbons (Fsp3) is 0.647. The zero-order chi connectivity index (χ0) is 13.1. The molecule has 19 heavy (non-hydrogen) atoms. The van der Waals surface area contributed by atoms with Crippen LogP contribution in [-0.4, -0.2) is 17.0 Å².